The number of furan rings is 1. The van der Waals surface area contributed by atoms with Crippen molar-refractivity contribution in [3.05, 3.63) is 41.7 Å². The second-order valence-corrected chi connectivity index (χ2v) is 5.41. The molecule has 3 heterocycles. The van der Waals surface area contributed by atoms with E-state index >= 15 is 0 Å². The van der Waals surface area contributed by atoms with Crippen LogP contribution < -0.4 is 4.90 Å². The van der Waals surface area contributed by atoms with Crippen molar-refractivity contribution in [1.29, 1.82) is 0 Å². The fourth-order valence-corrected chi connectivity index (χ4v) is 2.75. The van der Waals surface area contributed by atoms with Crippen molar-refractivity contribution in [2.45, 2.75) is 19.8 Å². The van der Waals surface area contributed by atoms with Crippen LogP contribution in [0.15, 0.2) is 29.1 Å². The van der Waals surface area contributed by atoms with Crippen molar-refractivity contribution in [2.24, 2.45) is 0 Å². The zero-order valence-corrected chi connectivity index (χ0v) is 13.0. The number of anilines is 1. The second-order valence-electron chi connectivity index (χ2n) is 5.41. The first-order chi connectivity index (χ1) is 10.7. The van der Waals surface area contributed by atoms with Crippen LogP contribution in [0.2, 0.25) is 0 Å². The summed E-state index contributed by atoms with van der Waals surface area (Å²) >= 11 is 0. The van der Waals surface area contributed by atoms with E-state index < -0.39 is 0 Å². The number of amides is 1. The Morgan fingerprint density at radius 2 is 2.18 bits per heavy atom. The smallest absolute Gasteiger partial charge is 0.289 e. The lowest BCUT2D eigenvalue weighted by atomic mass is 10.1. The fraction of sp³-hybridized carbons (Fsp3) is 0.438. The molecule has 6 nitrogen and oxygen atoms in total. The van der Waals surface area contributed by atoms with Crippen LogP contribution in [0, 0.1) is 0 Å². The highest BCUT2D eigenvalue weighted by Crippen LogP contribution is 2.23. The average Bonchev–Trinajstić information content (AvgIpc) is 3.00. The van der Waals surface area contributed by atoms with Gasteiger partial charge in [-0.1, -0.05) is 0 Å². The molecule has 0 radical (unpaired) electrons. The third kappa shape index (κ3) is 2.68. The van der Waals surface area contributed by atoms with Gasteiger partial charge < -0.3 is 14.2 Å². The number of carbonyl (C=O) groups excluding carboxylic acids is 1. The Morgan fingerprint density at radius 1 is 1.36 bits per heavy atom. The van der Waals surface area contributed by atoms with E-state index in [0.29, 0.717) is 18.8 Å². The van der Waals surface area contributed by atoms with Gasteiger partial charge in [-0.25, -0.2) is 9.97 Å². The van der Waals surface area contributed by atoms with Crippen LogP contribution in [0.1, 0.15) is 28.7 Å². The monoisotopic (exact) mass is 300 g/mol. The Morgan fingerprint density at radius 3 is 2.91 bits per heavy atom. The lowest BCUT2D eigenvalue weighted by Crippen LogP contribution is -2.33. The first-order valence-electron chi connectivity index (χ1n) is 7.57. The molecular weight excluding hydrogens is 280 g/mol. The highest BCUT2D eigenvalue weighted by atomic mass is 16.3. The van der Waals surface area contributed by atoms with Crippen LogP contribution in [0.3, 0.4) is 0 Å². The maximum Gasteiger partial charge on any atom is 0.289 e. The van der Waals surface area contributed by atoms with Gasteiger partial charge in [0.05, 0.1) is 12.0 Å². The van der Waals surface area contributed by atoms with Gasteiger partial charge in [0.15, 0.2) is 5.76 Å². The van der Waals surface area contributed by atoms with E-state index in [1.807, 2.05) is 11.9 Å². The van der Waals surface area contributed by atoms with Crippen molar-refractivity contribution in [1.82, 2.24) is 14.9 Å². The molecule has 0 aromatic carbocycles. The van der Waals surface area contributed by atoms with Crippen molar-refractivity contribution < 1.29 is 9.21 Å². The third-order valence-electron chi connectivity index (χ3n) is 4.12. The molecule has 22 heavy (non-hydrogen) atoms. The molecule has 1 aliphatic rings. The summed E-state index contributed by atoms with van der Waals surface area (Å²) in [4.78, 5) is 25.2. The number of carbonyl (C=O) groups is 1. The first-order valence-corrected chi connectivity index (χ1v) is 7.57. The molecule has 0 bridgehead atoms. The topological polar surface area (TPSA) is 62.5 Å². The summed E-state index contributed by atoms with van der Waals surface area (Å²) < 4.78 is 5.22. The molecule has 1 aliphatic heterocycles. The summed E-state index contributed by atoms with van der Waals surface area (Å²) in [6.45, 7) is 4.29. The van der Waals surface area contributed by atoms with E-state index in [2.05, 4.69) is 21.8 Å². The lowest BCUT2D eigenvalue weighted by molar-refractivity contribution is 0.0731. The zero-order valence-electron chi connectivity index (χ0n) is 13.0. The standard InChI is InChI=1S/C16H20N4O2/c1-3-19(2)15-12-6-8-20(9-7-13(12)17-11-18-15)16(21)14-5-4-10-22-14/h4-5,10-11H,3,6-9H2,1-2H3. The van der Waals surface area contributed by atoms with Gasteiger partial charge in [0.2, 0.25) is 0 Å². The lowest BCUT2D eigenvalue weighted by Gasteiger charge is -2.20. The van der Waals surface area contributed by atoms with Crippen LogP contribution in [0.5, 0.6) is 0 Å². The molecular formula is C16H20N4O2. The normalized spacial score (nSPS) is 14.4. The third-order valence-corrected chi connectivity index (χ3v) is 4.12. The number of rotatable bonds is 3. The SMILES string of the molecule is CCN(C)c1ncnc2c1CCN(C(=O)c1ccco1)CC2. The Hall–Kier alpha value is -2.37. The van der Waals surface area contributed by atoms with Crippen molar-refractivity contribution in [2.75, 3.05) is 31.6 Å². The molecule has 116 valence electrons. The van der Waals surface area contributed by atoms with Gasteiger partial charge in [-0.15, -0.1) is 0 Å². The van der Waals surface area contributed by atoms with Crippen LogP contribution >= 0.6 is 0 Å². The van der Waals surface area contributed by atoms with Gasteiger partial charge in [-0.05, 0) is 25.5 Å². The van der Waals surface area contributed by atoms with Gasteiger partial charge in [0.25, 0.3) is 5.91 Å². The van der Waals surface area contributed by atoms with Crippen LogP contribution in [-0.4, -0.2) is 47.5 Å². The minimum Gasteiger partial charge on any atom is -0.459 e. The molecule has 0 spiro atoms. The highest BCUT2D eigenvalue weighted by molar-refractivity contribution is 5.91. The molecule has 3 rings (SSSR count). The molecule has 6 heteroatoms. The largest absolute Gasteiger partial charge is 0.459 e. The van der Waals surface area contributed by atoms with Gasteiger partial charge in [-0.2, -0.15) is 0 Å². The van der Waals surface area contributed by atoms with E-state index in [1.165, 1.54) is 6.26 Å². The number of hydrogen-bond donors (Lipinski definition) is 0. The average molecular weight is 300 g/mol. The predicted octanol–water partition coefficient (Wildman–Crippen LogP) is 1.77. The number of hydrogen-bond acceptors (Lipinski definition) is 5. The Kier molecular flexibility index (Phi) is 4.09. The summed E-state index contributed by atoms with van der Waals surface area (Å²) in [6.07, 6.45) is 4.65. The Labute approximate surface area is 129 Å². The molecule has 2 aromatic heterocycles. The van der Waals surface area contributed by atoms with Crippen molar-refractivity contribution in [3.8, 4) is 0 Å². The number of fused-ring (bicyclic) bond motifs is 1. The minimum absolute atomic E-state index is 0.0591. The molecule has 0 saturated heterocycles. The predicted molar refractivity (Wildman–Crippen MR) is 83.0 cm³/mol. The van der Waals surface area contributed by atoms with E-state index in [4.69, 9.17) is 4.42 Å². The van der Waals surface area contributed by atoms with E-state index in [1.54, 1.807) is 18.5 Å². The van der Waals surface area contributed by atoms with E-state index in [0.717, 1.165) is 36.5 Å². The van der Waals surface area contributed by atoms with Crippen LogP contribution in [-0.2, 0) is 12.8 Å². The number of nitrogens with zero attached hydrogens (tertiary/aromatic N) is 4. The minimum atomic E-state index is -0.0591. The van der Waals surface area contributed by atoms with Gasteiger partial charge >= 0.3 is 0 Å². The summed E-state index contributed by atoms with van der Waals surface area (Å²) in [5.41, 5.74) is 2.20. The van der Waals surface area contributed by atoms with Gasteiger partial charge in [-0.3, -0.25) is 4.79 Å². The van der Waals surface area contributed by atoms with Crippen molar-refractivity contribution in [3.63, 3.8) is 0 Å². The Balaban J connectivity index is 1.82. The highest BCUT2D eigenvalue weighted by Gasteiger charge is 2.24. The van der Waals surface area contributed by atoms with Crippen molar-refractivity contribution >= 4 is 11.7 Å². The maximum absolute atomic E-state index is 12.4. The Bertz CT molecular complexity index is 654. The van der Waals surface area contributed by atoms with E-state index in [-0.39, 0.29) is 5.91 Å². The van der Waals surface area contributed by atoms with Crippen LogP contribution in [0.25, 0.3) is 0 Å². The summed E-state index contributed by atoms with van der Waals surface area (Å²) in [7, 11) is 2.03. The molecule has 0 atom stereocenters. The van der Waals surface area contributed by atoms with Gasteiger partial charge in [0, 0.05) is 38.7 Å². The summed E-state index contributed by atoms with van der Waals surface area (Å²) in [5, 5.41) is 0. The van der Waals surface area contributed by atoms with Crippen LogP contribution in [0.4, 0.5) is 5.82 Å². The number of aromatic nitrogens is 2. The second kappa shape index (κ2) is 6.17. The molecule has 0 fully saturated rings. The summed E-state index contributed by atoms with van der Waals surface area (Å²) in [5.74, 6) is 1.30. The molecule has 0 saturated carbocycles. The fourth-order valence-electron chi connectivity index (χ4n) is 2.75. The molecule has 1 amide bonds. The molecule has 0 N–H and O–H groups in total. The zero-order chi connectivity index (χ0) is 15.5. The quantitative estimate of drug-likeness (QED) is 0.864. The first kappa shape index (κ1) is 14.6. The van der Waals surface area contributed by atoms with Gasteiger partial charge in [0.1, 0.15) is 12.1 Å². The van der Waals surface area contributed by atoms with E-state index in [9.17, 15) is 4.79 Å². The molecule has 0 unspecified atom stereocenters. The summed E-state index contributed by atoms with van der Waals surface area (Å²) in [6, 6.07) is 3.44. The molecule has 0 aliphatic carbocycles. The molecule has 2 aromatic rings. The maximum atomic E-state index is 12.4.